The highest BCUT2D eigenvalue weighted by atomic mass is 32.2. The molecule has 0 nitrogen and oxygen atoms in total. The zero-order valence-electron chi connectivity index (χ0n) is 10.1. The normalized spacial score (nSPS) is 17.8. The van der Waals surface area contributed by atoms with Crippen LogP contribution in [-0.4, -0.2) is 11.5 Å². The van der Waals surface area contributed by atoms with Crippen LogP contribution in [0.2, 0.25) is 0 Å². The molecule has 2 heteroatoms. The second-order valence-electron chi connectivity index (χ2n) is 4.78. The van der Waals surface area contributed by atoms with Gasteiger partial charge in [0.15, 0.2) is 0 Å². The Morgan fingerprint density at radius 1 is 0.833 bits per heavy atom. The molecule has 1 fully saturated rings. The largest absolute Gasteiger partial charge is 0.142 e. The van der Waals surface area contributed by atoms with Gasteiger partial charge in [-0.1, -0.05) is 42.5 Å². The summed E-state index contributed by atoms with van der Waals surface area (Å²) in [4.78, 5) is 0. The third-order valence-electron chi connectivity index (χ3n) is 3.76. The van der Waals surface area contributed by atoms with E-state index in [1.807, 2.05) is 0 Å². The maximum Gasteiger partial charge on any atom is 0.0754 e. The van der Waals surface area contributed by atoms with Gasteiger partial charge in [0.05, 0.1) is 4.58 Å². The van der Waals surface area contributed by atoms with Gasteiger partial charge in [-0.15, -0.1) is 23.5 Å². The molecular weight excluding hydrogens is 256 g/mol. The third-order valence-corrected chi connectivity index (χ3v) is 6.83. The number of benzene rings is 2. The quantitative estimate of drug-likeness (QED) is 0.626. The Labute approximate surface area is 116 Å². The first-order valence-electron chi connectivity index (χ1n) is 6.37. The van der Waals surface area contributed by atoms with Crippen molar-refractivity contribution in [2.75, 3.05) is 11.5 Å². The summed E-state index contributed by atoms with van der Waals surface area (Å²) in [6.07, 6.45) is 1.12. The van der Waals surface area contributed by atoms with Gasteiger partial charge in [0, 0.05) is 11.5 Å². The molecule has 0 atom stereocenters. The number of hydrogen-bond donors (Lipinski definition) is 0. The molecule has 0 spiro atoms. The molecule has 90 valence electrons. The van der Waals surface area contributed by atoms with Crippen LogP contribution in [0, 0.1) is 0 Å². The number of rotatable bonds is 1. The van der Waals surface area contributed by atoms with Crippen molar-refractivity contribution in [2.24, 2.45) is 0 Å². The summed E-state index contributed by atoms with van der Waals surface area (Å²) < 4.78 is 0.661. The molecule has 0 N–H and O–H groups in total. The predicted octanol–water partition coefficient (Wildman–Crippen LogP) is 4.74. The Hall–Kier alpha value is -0.860. The fourth-order valence-corrected chi connectivity index (χ4v) is 5.90. The van der Waals surface area contributed by atoms with Crippen LogP contribution < -0.4 is 0 Å². The Balaban J connectivity index is 1.86. The summed E-state index contributed by atoms with van der Waals surface area (Å²) in [5.41, 5.74) is 7.55. The van der Waals surface area contributed by atoms with Crippen molar-refractivity contribution in [3.63, 3.8) is 0 Å². The van der Waals surface area contributed by atoms with Crippen molar-refractivity contribution in [1.29, 1.82) is 0 Å². The summed E-state index contributed by atoms with van der Waals surface area (Å²) in [7, 11) is 0. The highest BCUT2D eigenvalue weighted by molar-refractivity contribution is 8.19. The second kappa shape index (κ2) is 4.36. The van der Waals surface area contributed by atoms with E-state index >= 15 is 0 Å². The van der Waals surface area contributed by atoms with Gasteiger partial charge in [0.2, 0.25) is 0 Å². The van der Waals surface area contributed by atoms with Gasteiger partial charge < -0.3 is 0 Å². The Morgan fingerprint density at radius 3 is 2.50 bits per heavy atom. The highest BCUT2D eigenvalue weighted by Crippen LogP contribution is 2.49. The van der Waals surface area contributed by atoms with Crippen LogP contribution in [0.25, 0.3) is 11.1 Å². The summed E-state index contributed by atoms with van der Waals surface area (Å²) >= 11 is 4.21. The number of hydrogen-bond acceptors (Lipinski definition) is 2. The molecule has 1 aliphatic heterocycles. The lowest BCUT2D eigenvalue weighted by Crippen LogP contribution is -1.93. The van der Waals surface area contributed by atoms with Gasteiger partial charge >= 0.3 is 0 Å². The van der Waals surface area contributed by atoms with Crippen molar-refractivity contribution in [1.82, 2.24) is 0 Å². The van der Waals surface area contributed by atoms with Gasteiger partial charge in [0.25, 0.3) is 0 Å². The van der Waals surface area contributed by atoms with Gasteiger partial charge in [0.1, 0.15) is 0 Å². The molecule has 4 rings (SSSR count). The fraction of sp³-hybridized carbons (Fsp3) is 0.250. The minimum absolute atomic E-state index is 0.661. The van der Waals surface area contributed by atoms with E-state index < -0.39 is 0 Å². The van der Waals surface area contributed by atoms with Crippen molar-refractivity contribution in [3.05, 3.63) is 59.2 Å². The van der Waals surface area contributed by atoms with Gasteiger partial charge in [-0.2, -0.15) is 0 Å². The molecule has 18 heavy (non-hydrogen) atoms. The van der Waals surface area contributed by atoms with Gasteiger partial charge in [-0.25, -0.2) is 0 Å². The summed E-state index contributed by atoms with van der Waals surface area (Å²) in [6.45, 7) is 0. The monoisotopic (exact) mass is 270 g/mol. The average Bonchev–Trinajstić information content (AvgIpc) is 3.05. The lowest BCUT2D eigenvalue weighted by Gasteiger charge is -2.13. The molecular formula is C16H14S2. The van der Waals surface area contributed by atoms with Gasteiger partial charge in [-0.3, -0.25) is 0 Å². The summed E-state index contributed by atoms with van der Waals surface area (Å²) in [5.74, 6) is 2.60. The van der Waals surface area contributed by atoms with Crippen LogP contribution in [-0.2, 0) is 6.42 Å². The SMILES string of the molecule is c1ccc2c(c1)Cc1c-2cccc1C1SCCS1. The number of thioether (sulfide) groups is 2. The van der Waals surface area contributed by atoms with E-state index in [1.165, 1.54) is 28.2 Å². The van der Waals surface area contributed by atoms with E-state index in [0.717, 1.165) is 6.42 Å². The minimum Gasteiger partial charge on any atom is -0.142 e. The molecule has 0 radical (unpaired) electrons. The molecule has 2 aliphatic rings. The zero-order valence-corrected chi connectivity index (χ0v) is 11.7. The summed E-state index contributed by atoms with van der Waals surface area (Å²) in [5, 5.41) is 0. The molecule has 0 unspecified atom stereocenters. The summed E-state index contributed by atoms with van der Waals surface area (Å²) in [6, 6.07) is 15.7. The van der Waals surface area contributed by atoms with Crippen LogP contribution >= 0.6 is 23.5 Å². The minimum atomic E-state index is 0.661. The van der Waals surface area contributed by atoms with Crippen LogP contribution in [0.1, 0.15) is 21.3 Å². The second-order valence-corrected chi connectivity index (χ2v) is 7.51. The standard InChI is InChI=1S/C16H14S2/c1-2-5-12-11(4-1)10-15-13(12)6-3-7-14(15)16-17-8-9-18-16/h1-7,16H,8-10H2. The average molecular weight is 270 g/mol. The van der Waals surface area contributed by atoms with Crippen molar-refractivity contribution < 1.29 is 0 Å². The first-order chi connectivity index (χ1) is 8.93. The molecule has 1 aliphatic carbocycles. The molecule has 1 heterocycles. The Morgan fingerprint density at radius 2 is 1.61 bits per heavy atom. The van der Waals surface area contributed by atoms with E-state index in [4.69, 9.17) is 0 Å². The maximum atomic E-state index is 2.33. The molecule has 2 aromatic rings. The Bertz CT molecular complexity index is 598. The van der Waals surface area contributed by atoms with E-state index in [-0.39, 0.29) is 0 Å². The highest BCUT2D eigenvalue weighted by Gasteiger charge is 2.26. The van der Waals surface area contributed by atoms with Gasteiger partial charge in [-0.05, 0) is 34.2 Å². The fourth-order valence-electron chi connectivity index (χ4n) is 2.94. The van der Waals surface area contributed by atoms with Crippen LogP contribution in [0.15, 0.2) is 42.5 Å². The van der Waals surface area contributed by atoms with Crippen molar-refractivity contribution >= 4 is 23.5 Å². The van der Waals surface area contributed by atoms with E-state index in [2.05, 4.69) is 66.0 Å². The van der Waals surface area contributed by atoms with Crippen molar-refractivity contribution in [3.8, 4) is 11.1 Å². The predicted molar refractivity (Wildman–Crippen MR) is 82.3 cm³/mol. The zero-order chi connectivity index (χ0) is 11.9. The van der Waals surface area contributed by atoms with Crippen molar-refractivity contribution in [2.45, 2.75) is 11.0 Å². The molecule has 1 saturated heterocycles. The van der Waals surface area contributed by atoms with E-state index in [1.54, 1.807) is 11.1 Å². The molecule has 0 aromatic heterocycles. The Kier molecular flexibility index (Phi) is 2.66. The first kappa shape index (κ1) is 11.0. The molecule has 2 aromatic carbocycles. The molecule has 0 amide bonds. The van der Waals surface area contributed by atoms with Crippen LogP contribution in [0.4, 0.5) is 0 Å². The van der Waals surface area contributed by atoms with E-state index in [9.17, 15) is 0 Å². The molecule has 0 saturated carbocycles. The topological polar surface area (TPSA) is 0 Å². The lowest BCUT2D eigenvalue weighted by atomic mass is 10.0. The third kappa shape index (κ3) is 1.63. The lowest BCUT2D eigenvalue weighted by molar-refractivity contribution is 1.20. The first-order valence-corrected chi connectivity index (χ1v) is 8.46. The van der Waals surface area contributed by atoms with Crippen LogP contribution in [0.3, 0.4) is 0 Å². The van der Waals surface area contributed by atoms with Crippen LogP contribution in [0.5, 0.6) is 0 Å². The number of fused-ring (bicyclic) bond motifs is 3. The maximum absolute atomic E-state index is 2.33. The van der Waals surface area contributed by atoms with E-state index in [0.29, 0.717) is 4.58 Å². The molecule has 0 bridgehead atoms. The smallest absolute Gasteiger partial charge is 0.0754 e.